The zero-order chi connectivity index (χ0) is 17.8. The van der Waals surface area contributed by atoms with Gasteiger partial charge in [0.15, 0.2) is 5.96 Å². The van der Waals surface area contributed by atoms with Gasteiger partial charge in [-0.25, -0.2) is 4.39 Å². The molecule has 5 heteroatoms. The Morgan fingerprint density at radius 3 is 2.50 bits per heavy atom. The van der Waals surface area contributed by atoms with E-state index in [4.69, 9.17) is 0 Å². The van der Waals surface area contributed by atoms with Gasteiger partial charge in [0.05, 0.1) is 0 Å². The van der Waals surface area contributed by atoms with E-state index in [1.807, 2.05) is 6.92 Å². The van der Waals surface area contributed by atoms with Gasteiger partial charge >= 0.3 is 0 Å². The summed E-state index contributed by atoms with van der Waals surface area (Å²) in [6.07, 6.45) is 2.67. The summed E-state index contributed by atoms with van der Waals surface area (Å²) < 4.78 is 12.9. The minimum atomic E-state index is -0.207. The zero-order valence-electron chi connectivity index (χ0n) is 15.2. The van der Waals surface area contributed by atoms with Crippen molar-refractivity contribution < 1.29 is 9.50 Å². The van der Waals surface area contributed by atoms with E-state index in [9.17, 15) is 9.50 Å². The molecule has 0 heterocycles. The first-order chi connectivity index (χ1) is 11.5. The van der Waals surface area contributed by atoms with Gasteiger partial charge in [-0.05, 0) is 55.7 Å². The van der Waals surface area contributed by atoms with Crippen molar-refractivity contribution in [1.82, 2.24) is 10.6 Å². The van der Waals surface area contributed by atoms with Crippen LogP contribution in [0.25, 0.3) is 0 Å². The maximum absolute atomic E-state index is 12.9. The number of rotatable bonds is 10. The number of aliphatic imine (C=N–C) groups is 1. The largest absolute Gasteiger partial charge is 0.396 e. The molecule has 1 aromatic rings. The van der Waals surface area contributed by atoms with Crippen LogP contribution in [0.3, 0.4) is 0 Å². The molecule has 0 spiro atoms. The molecule has 24 heavy (non-hydrogen) atoms. The average Bonchev–Trinajstić information content (AvgIpc) is 2.54. The van der Waals surface area contributed by atoms with E-state index in [-0.39, 0.29) is 12.4 Å². The van der Waals surface area contributed by atoms with Crippen LogP contribution >= 0.6 is 0 Å². The van der Waals surface area contributed by atoms with Crippen molar-refractivity contribution >= 4 is 5.96 Å². The van der Waals surface area contributed by atoms with Gasteiger partial charge in [0.2, 0.25) is 0 Å². The standard InChI is InChI=1S/C19H32FN3O/c1-4-21-19(23-14-17(10-12-24)13-15(2)3)22-11-9-16-5-7-18(20)8-6-16/h5-8,15,17,24H,4,9-14H2,1-3H3,(H2,21,22,23). The van der Waals surface area contributed by atoms with E-state index in [1.54, 1.807) is 12.1 Å². The highest BCUT2D eigenvalue weighted by atomic mass is 19.1. The van der Waals surface area contributed by atoms with E-state index >= 15 is 0 Å². The molecule has 0 amide bonds. The number of aliphatic hydroxyl groups excluding tert-OH is 1. The first kappa shape index (κ1) is 20.4. The molecule has 3 N–H and O–H groups in total. The number of nitrogens with zero attached hydrogens (tertiary/aromatic N) is 1. The van der Waals surface area contributed by atoms with Crippen molar-refractivity contribution in [3.63, 3.8) is 0 Å². The first-order valence-electron chi connectivity index (χ1n) is 8.92. The molecule has 0 radical (unpaired) electrons. The van der Waals surface area contributed by atoms with Crippen LogP contribution in [0.15, 0.2) is 29.3 Å². The lowest BCUT2D eigenvalue weighted by Gasteiger charge is -2.17. The van der Waals surface area contributed by atoms with Gasteiger partial charge < -0.3 is 15.7 Å². The second kappa shape index (κ2) is 11.8. The molecule has 4 nitrogen and oxygen atoms in total. The summed E-state index contributed by atoms with van der Waals surface area (Å²) in [6.45, 7) is 8.90. The highest BCUT2D eigenvalue weighted by molar-refractivity contribution is 5.79. The SMILES string of the molecule is CCNC(=NCC(CCO)CC(C)C)NCCc1ccc(F)cc1. The molecular formula is C19H32FN3O. The van der Waals surface area contributed by atoms with Gasteiger partial charge in [-0.15, -0.1) is 0 Å². The van der Waals surface area contributed by atoms with Crippen LogP contribution < -0.4 is 10.6 Å². The van der Waals surface area contributed by atoms with Gasteiger partial charge in [0.25, 0.3) is 0 Å². The number of hydrogen-bond donors (Lipinski definition) is 3. The van der Waals surface area contributed by atoms with E-state index in [2.05, 4.69) is 29.5 Å². The monoisotopic (exact) mass is 337 g/mol. The third kappa shape index (κ3) is 8.87. The molecule has 1 atom stereocenters. The van der Waals surface area contributed by atoms with Crippen molar-refractivity contribution in [2.75, 3.05) is 26.2 Å². The minimum absolute atomic E-state index is 0.207. The van der Waals surface area contributed by atoms with Gasteiger partial charge in [0, 0.05) is 26.2 Å². The van der Waals surface area contributed by atoms with E-state index in [0.717, 1.165) is 43.9 Å². The van der Waals surface area contributed by atoms with Crippen molar-refractivity contribution in [3.05, 3.63) is 35.6 Å². The molecule has 0 aliphatic rings. The van der Waals surface area contributed by atoms with E-state index in [1.165, 1.54) is 12.1 Å². The molecule has 0 saturated heterocycles. The zero-order valence-corrected chi connectivity index (χ0v) is 15.2. The Balaban J connectivity index is 2.49. The Bertz CT molecular complexity index is 474. The number of benzene rings is 1. The van der Waals surface area contributed by atoms with Crippen LogP contribution in [0.4, 0.5) is 4.39 Å². The fourth-order valence-corrected chi connectivity index (χ4v) is 2.67. The van der Waals surface area contributed by atoms with Crippen molar-refractivity contribution in [2.45, 2.75) is 40.0 Å². The van der Waals surface area contributed by atoms with Crippen LogP contribution in [0.5, 0.6) is 0 Å². The molecule has 0 aliphatic carbocycles. The minimum Gasteiger partial charge on any atom is -0.396 e. The maximum atomic E-state index is 12.9. The third-order valence-corrected chi connectivity index (χ3v) is 3.81. The highest BCUT2D eigenvalue weighted by Gasteiger charge is 2.10. The van der Waals surface area contributed by atoms with E-state index < -0.39 is 0 Å². The van der Waals surface area contributed by atoms with Gasteiger partial charge in [-0.3, -0.25) is 4.99 Å². The van der Waals surface area contributed by atoms with Crippen LogP contribution in [-0.4, -0.2) is 37.3 Å². The summed E-state index contributed by atoms with van der Waals surface area (Å²) in [5, 5.41) is 15.8. The average molecular weight is 337 g/mol. The first-order valence-corrected chi connectivity index (χ1v) is 8.92. The molecule has 0 aliphatic heterocycles. The van der Waals surface area contributed by atoms with Crippen LogP contribution in [0.1, 0.15) is 39.2 Å². The fraction of sp³-hybridized carbons (Fsp3) is 0.632. The summed E-state index contributed by atoms with van der Waals surface area (Å²) in [4.78, 5) is 4.65. The van der Waals surface area contributed by atoms with Crippen LogP contribution in [0, 0.1) is 17.7 Å². The second-order valence-electron chi connectivity index (χ2n) is 6.53. The molecule has 136 valence electrons. The Morgan fingerprint density at radius 2 is 1.92 bits per heavy atom. The molecular weight excluding hydrogens is 305 g/mol. The Hall–Kier alpha value is -1.62. The maximum Gasteiger partial charge on any atom is 0.191 e. The summed E-state index contributed by atoms with van der Waals surface area (Å²) in [7, 11) is 0. The molecule has 1 unspecified atom stereocenters. The van der Waals surface area contributed by atoms with Crippen molar-refractivity contribution in [1.29, 1.82) is 0 Å². The predicted molar refractivity (Wildman–Crippen MR) is 98.7 cm³/mol. The van der Waals surface area contributed by atoms with Gasteiger partial charge in [-0.1, -0.05) is 26.0 Å². The van der Waals surface area contributed by atoms with Gasteiger partial charge in [-0.2, -0.15) is 0 Å². The predicted octanol–water partition coefficient (Wildman–Crippen LogP) is 2.97. The van der Waals surface area contributed by atoms with Crippen molar-refractivity contribution in [2.24, 2.45) is 16.8 Å². The van der Waals surface area contributed by atoms with Crippen molar-refractivity contribution in [3.8, 4) is 0 Å². The normalized spacial score (nSPS) is 13.2. The topological polar surface area (TPSA) is 56.7 Å². The molecule has 0 bridgehead atoms. The highest BCUT2D eigenvalue weighted by Crippen LogP contribution is 2.15. The lowest BCUT2D eigenvalue weighted by molar-refractivity contribution is 0.245. The van der Waals surface area contributed by atoms with E-state index in [0.29, 0.717) is 18.4 Å². The summed E-state index contributed by atoms with van der Waals surface area (Å²) >= 11 is 0. The fourth-order valence-electron chi connectivity index (χ4n) is 2.67. The smallest absolute Gasteiger partial charge is 0.191 e. The van der Waals surface area contributed by atoms with Crippen LogP contribution in [0.2, 0.25) is 0 Å². The number of aliphatic hydroxyl groups is 1. The number of guanidine groups is 1. The lowest BCUT2D eigenvalue weighted by atomic mass is 9.94. The number of halogens is 1. The quantitative estimate of drug-likeness (QED) is 0.454. The Kier molecular flexibility index (Phi) is 10.1. The summed E-state index contributed by atoms with van der Waals surface area (Å²) in [5.74, 6) is 1.60. The summed E-state index contributed by atoms with van der Waals surface area (Å²) in [5.41, 5.74) is 1.10. The summed E-state index contributed by atoms with van der Waals surface area (Å²) in [6, 6.07) is 6.59. The second-order valence-corrected chi connectivity index (χ2v) is 6.53. The Labute approximate surface area is 145 Å². The number of nitrogens with one attached hydrogen (secondary N) is 2. The molecule has 1 aromatic carbocycles. The third-order valence-electron chi connectivity index (χ3n) is 3.81. The molecule has 0 aromatic heterocycles. The molecule has 0 saturated carbocycles. The van der Waals surface area contributed by atoms with Gasteiger partial charge in [0.1, 0.15) is 5.82 Å². The Morgan fingerprint density at radius 1 is 1.21 bits per heavy atom. The lowest BCUT2D eigenvalue weighted by Crippen LogP contribution is -2.38. The number of hydrogen-bond acceptors (Lipinski definition) is 2. The molecule has 0 fully saturated rings. The van der Waals surface area contributed by atoms with Crippen LogP contribution in [-0.2, 0) is 6.42 Å². The molecule has 1 rings (SSSR count).